The number of hydrogen-bond donors (Lipinski definition) is 1. The van der Waals surface area contributed by atoms with Crippen molar-refractivity contribution in [3.8, 4) is 0 Å². The summed E-state index contributed by atoms with van der Waals surface area (Å²) in [6, 6.07) is 0. The van der Waals surface area contributed by atoms with Crippen LogP contribution in [-0.2, 0) is 19.1 Å². The molecule has 0 saturated heterocycles. The maximum atomic E-state index is 11.9. The zero-order valence-corrected chi connectivity index (χ0v) is 27.6. The van der Waals surface area contributed by atoms with E-state index in [1.165, 1.54) is 148 Å². The molecule has 0 saturated carbocycles. The van der Waals surface area contributed by atoms with Gasteiger partial charge in [-0.2, -0.15) is 0 Å². The second-order valence-corrected chi connectivity index (χ2v) is 12.4. The Labute approximate surface area is 255 Å². The average molecular weight is 583 g/mol. The van der Waals surface area contributed by atoms with Crippen LogP contribution in [0.4, 0.5) is 0 Å². The summed E-state index contributed by atoms with van der Waals surface area (Å²) in [7, 11) is 0. The Morgan fingerprint density at radius 2 is 0.634 bits per heavy atom. The molecule has 1 atom stereocenters. The van der Waals surface area contributed by atoms with E-state index < -0.39 is 6.10 Å². The number of aliphatic hydroxyl groups is 1. The molecule has 41 heavy (non-hydrogen) atoms. The minimum Gasteiger partial charge on any atom is -0.463 e. The Kier molecular flexibility index (Phi) is 32.5. The van der Waals surface area contributed by atoms with Gasteiger partial charge in [0.1, 0.15) is 19.3 Å². The van der Waals surface area contributed by atoms with Crippen molar-refractivity contribution in [2.45, 2.75) is 206 Å². The molecule has 0 aliphatic rings. The van der Waals surface area contributed by atoms with E-state index in [1.807, 2.05) is 0 Å². The first-order valence-corrected chi connectivity index (χ1v) is 18.1. The summed E-state index contributed by atoms with van der Waals surface area (Å²) in [5, 5.41) is 9.97. The SMILES string of the molecule is CCCCCCCCCCCCCCCCCC(=O)OC[C@H](O)COC(=O)CCCCCCCCCCCCCC. The molecule has 0 aromatic carbocycles. The second kappa shape index (κ2) is 33.4. The van der Waals surface area contributed by atoms with Crippen LogP contribution >= 0.6 is 0 Å². The lowest BCUT2D eigenvalue weighted by Gasteiger charge is -2.12. The molecular formula is C36H70O5. The third-order valence-electron chi connectivity index (χ3n) is 8.09. The first-order chi connectivity index (χ1) is 20.1. The lowest BCUT2D eigenvalue weighted by molar-refractivity contribution is -0.152. The van der Waals surface area contributed by atoms with Crippen LogP contribution in [0.2, 0.25) is 0 Å². The molecule has 0 aliphatic heterocycles. The maximum absolute atomic E-state index is 11.9. The highest BCUT2D eigenvalue weighted by Gasteiger charge is 2.12. The number of ether oxygens (including phenoxy) is 2. The summed E-state index contributed by atoms with van der Waals surface area (Å²) in [6.07, 6.45) is 34.3. The van der Waals surface area contributed by atoms with Gasteiger partial charge in [-0.25, -0.2) is 0 Å². The van der Waals surface area contributed by atoms with Gasteiger partial charge in [-0.1, -0.05) is 174 Å². The average Bonchev–Trinajstić information content (AvgIpc) is 2.97. The van der Waals surface area contributed by atoms with Gasteiger partial charge in [0.2, 0.25) is 0 Å². The van der Waals surface area contributed by atoms with Crippen molar-refractivity contribution < 1.29 is 24.2 Å². The van der Waals surface area contributed by atoms with Gasteiger partial charge in [0.25, 0.3) is 0 Å². The molecule has 0 unspecified atom stereocenters. The molecule has 0 radical (unpaired) electrons. The van der Waals surface area contributed by atoms with E-state index in [0.29, 0.717) is 12.8 Å². The van der Waals surface area contributed by atoms with Gasteiger partial charge in [-0.05, 0) is 12.8 Å². The van der Waals surface area contributed by atoms with Crippen LogP contribution in [0.15, 0.2) is 0 Å². The van der Waals surface area contributed by atoms with E-state index in [1.54, 1.807) is 0 Å². The molecular weight excluding hydrogens is 512 g/mol. The fourth-order valence-electron chi connectivity index (χ4n) is 5.32. The van der Waals surface area contributed by atoms with Crippen LogP contribution in [0.3, 0.4) is 0 Å². The Morgan fingerprint density at radius 3 is 0.878 bits per heavy atom. The number of carbonyl (C=O) groups excluding carboxylic acids is 2. The number of esters is 2. The number of aliphatic hydroxyl groups excluding tert-OH is 1. The molecule has 0 aromatic rings. The van der Waals surface area contributed by atoms with Crippen molar-refractivity contribution in [2.75, 3.05) is 13.2 Å². The van der Waals surface area contributed by atoms with Crippen LogP contribution in [0.25, 0.3) is 0 Å². The number of unbranched alkanes of at least 4 members (excludes halogenated alkanes) is 25. The topological polar surface area (TPSA) is 72.8 Å². The van der Waals surface area contributed by atoms with Gasteiger partial charge in [0.05, 0.1) is 0 Å². The molecule has 5 nitrogen and oxygen atoms in total. The highest BCUT2D eigenvalue weighted by molar-refractivity contribution is 5.69. The highest BCUT2D eigenvalue weighted by Crippen LogP contribution is 2.15. The van der Waals surface area contributed by atoms with Gasteiger partial charge in [-0.15, -0.1) is 0 Å². The van der Waals surface area contributed by atoms with Crippen molar-refractivity contribution in [2.24, 2.45) is 0 Å². The zero-order valence-electron chi connectivity index (χ0n) is 27.6. The molecule has 0 amide bonds. The summed E-state index contributed by atoms with van der Waals surface area (Å²) in [5.41, 5.74) is 0. The standard InChI is InChI=1S/C36H70O5/c1-3-5-7-9-11-13-15-17-18-19-21-23-25-27-29-31-36(39)41-33-34(37)32-40-35(38)30-28-26-24-22-20-16-14-12-10-8-6-4-2/h34,37H,3-33H2,1-2H3/t34-/m1/s1. The molecule has 5 heteroatoms. The van der Waals surface area contributed by atoms with E-state index in [2.05, 4.69) is 13.8 Å². The van der Waals surface area contributed by atoms with Crippen LogP contribution in [0.5, 0.6) is 0 Å². The molecule has 244 valence electrons. The van der Waals surface area contributed by atoms with Crippen molar-refractivity contribution >= 4 is 11.9 Å². The van der Waals surface area contributed by atoms with E-state index in [4.69, 9.17) is 9.47 Å². The first kappa shape index (κ1) is 39.9. The Hall–Kier alpha value is -1.10. The van der Waals surface area contributed by atoms with Crippen LogP contribution in [0, 0.1) is 0 Å². The van der Waals surface area contributed by atoms with Gasteiger partial charge in [-0.3, -0.25) is 9.59 Å². The third kappa shape index (κ3) is 33.3. The van der Waals surface area contributed by atoms with Crippen molar-refractivity contribution in [1.82, 2.24) is 0 Å². The molecule has 0 rings (SSSR count). The summed E-state index contributed by atoms with van der Waals surface area (Å²) < 4.78 is 10.3. The summed E-state index contributed by atoms with van der Waals surface area (Å²) in [4.78, 5) is 23.8. The van der Waals surface area contributed by atoms with Gasteiger partial charge >= 0.3 is 11.9 Å². The molecule has 0 spiro atoms. The third-order valence-corrected chi connectivity index (χ3v) is 8.09. The van der Waals surface area contributed by atoms with Crippen LogP contribution < -0.4 is 0 Å². The second-order valence-electron chi connectivity index (χ2n) is 12.4. The lowest BCUT2D eigenvalue weighted by atomic mass is 10.0. The van der Waals surface area contributed by atoms with E-state index in [9.17, 15) is 14.7 Å². The normalized spacial score (nSPS) is 12.0. The fourth-order valence-corrected chi connectivity index (χ4v) is 5.32. The highest BCUT2D eigenvalue weighted by atomic mass is 16.6. The van der Waals surface area contributed by atoms with Gasteiger partial charge < -0.3 is 14.6 Å². The number of hydrogen-bond acceptors (Lipinski definition) is 5. The minimum atomic E-state index is -0.953. The summed E-state index contributed by atoms with van der Waals surface area (Å²) >= 11 is 0. The molecule has 0 heterocycles. The molecule has 0 aromatic heterocycles. The Morgan fingerprint density at radius 1 is 0.415 bits per heavy atom. The number of rotatable bonds is 33. The monoisotopic (exact) mass is 583 g/mol. The minimum absolute atomic E-state index is 0.108. The van der Waals surface area contributed by atoms with Crippen LogP contribution in [0.1, 0.15) is 200 Å². The molecule has 0 bridgehead atoms. The van der Waals surface area contributed by atoms with Crippen molar-refractivity contribution in [3.63, 3.8) is 0 Å². The maximum Gasteiger partial charge on any atom is 0.305 e. The fraction of sp³-hybridized carbons (Fsp3) is 0.944. The Bertz CT molecular complexity index is 550. The van der Waals surface area contributed by atoms with E-state index in [-0.39, 0.29) is 25.2 Å². The van der Waals surface area contributed by atoms with Gasteiger partial charge in [0, 0.05) is 12.8 Å². The van der Waals surface area contributed by atoms with E-state index >= 15 is 0 Å². The first-order valence-electron chi connectivity index (χ1n) is 18.1. The smallest absolute Gasteiger partial charge is 0.305 e. The van der Waals surface area contributed by atoms with Gasteiger partial charge in [0.15, 0.2) is 0 Å². The van der Waals surface area contributed by atoms with Crippen LogP contribution in [-0.4, -0.2) is 36.4 Å². The molecule has 0 fully saturated rings. The summed E-state index contributed by atoms with van der Waals surface area (Å²) in [5.74, 6) is -0.554. The largest absolute Gasteiger partial charge is 0.463 e. The van der Waals surface area contributed by atoms with E-state index in [0.717, 1.165) is 25.7 Å². The Balaban J connectivity index is 3.39. The number of carbonyl (C=O) groups is 2. The van der Waals surface area contributed by atoms with Crippen molar-refractivity contribution in [3.05, 3.63) is 0 Å². The lowest BCUT2D eigenvalue weighted by Crippen LogP contribution is -2.25. The zero-order chi connectivity index (χ0) is 30.1. The molecule has 0 aliphatic carbocycles. The quantitative estimate of drug-likeness (QED) is 0.0615. The van der Waals surface area contributed by atoms with Crippen molar-refractivity contribution in [1.29, 1.82) is 0 Å². The molecule has 1 N–H and O–H groups in total. The summed E-state index contributed by atoms with van der Waals surface area (Å²) in [6.45, 7) is 4.31. The predicted molar refractivity (Wildman–Crippen MR) is 173 cm³/mol. The predicted octanol–water partition coefficient (Wildman–Crippen LogP) is 10.8.